The van der Waals surface area contributed by atoms with Crippen LogP contribution in [0, 0.1) is 5.82 Å². The molecule has 0 radical (unpaired) electrons. The number of aromatic nitrogens is 2. The second kappa shape index (κ2) is 9.32. The molecule has 1 aliphatic rings. The predicted octanol–water partition coefficient (Wildman–Crippen LogP) is 4.38. The number of nitrogens with zero attached hydrogens (tertiary/aromatic N) is 3. The highest BCUT2D eigenvalue weighted by Crippen LogP contribution is 2.23. The third-order valence-electron chi connectivity index (χ3n) is 5.44. The van der Waals surface area contributed by atoms with Crippen LogP contribution in [-0.2, 0) is 13.1 Å². The van der Waals surface area contributed by atoms with Crippen LogP contribution < -0.4 is 10.6 Å². The zero-order valence-electron chi connectivity index (χ0n) is 17.5. The number of nitrogens with one attached hydrogen (secondary N) is 2. The average molecular weight is 406 g/mol. The second-order valence-corrected chi connectivity index (χ2v) is 7.88. The van der Waals surface area contributed by atoms with Gasteiger partial charge < -0.3 is 10.6 Å². The molecule has 2 N–H and O–H groups in total. The molecule has 1 aliphatic heterocycles. The van der Waals surface area contributed by atoms with E-state index in [0.717, 1.165) is 54.5 Å². The van der Waals surface area contributed by atoms with Crippen LogP contribution in [0.4, 0.5) is 10.2 Å². The Morgan fingerprint density at radius 1 is 1.03 bits per heavy atom. The standard InChI is InChI=1S/C24H28FN5/c1-26-23-14-21(28-24(29-23)22-4-3-13-27-22)16-30(2)15-17-5-7-18(8-6-17)19-9-11-20(25)12-10-19/h5-12,14,22,27H,3-4,13,15-16H2,1-2H3,(H,26,28,29)/t22-/m1/s1. The fourth-order valence-corrected chi connectivity index (χ4v) is 3.88. The van der Waals surface area contributed by atoms with Gasteiger partial charge in [-0.3, -0.25) is 4.90 Å². The minimum atomic E-state index is -0.213. The Balaban J connectivity index is 1.42. The quantitative estimate of drug-likeness (QED) is 0.611. The molecule has 3 aromatic rings. The van der Waals surface area contributed by atoms with Crippen LogP contribution >= 0.6 is 0 Å². The van der Waals surface area contributed by atoms with Crippen molar-refractivity contribution in [3.63, 3.8) is 0 Å². The van der Waals surface area contributed by atoms with E-state index in [9.17, 15) is 4.39 Å². The third-order valence-corrected chi connectivity index (χ3v) is 5.44. The summed E-state index contributed by atoms with van der Waals surface area (Å²) in [5.41, 5.74) is 4.35. The smallest absolute Gasteiger partial charge is 0.147 e. The van der Waals surface area contributed by atoms with E-state index in [1.165, 1.54) is 24.1 Å². The van der Waals surface area contributed by atoms with E-state index in [2.05, 4.69) is 51.8 Å². The molecule has 0 unspecified atom stereocenters. The van der Waals surface area contributed by atoms with Gasteiger partial charge >= 0.3 is 0 Å². The van der Waals surface area contributed by atoms with Crippen molar-refractivity contribution in [2.24, 2.45) is 0 Å². The van der Waals surface area contributed by atoms with E-state index in [1.807, 2.05) is 25.2 Å². The molecule has 6 heteroatoms. The molecule has 1 fully saturated rings. The zero-order valence-corrected chi connectivity index (χ0v) is 17.5. The second-order valence-electron chi connectivity index (χ2n) is 7.88. The zero-order chi connectivity index (χ0) is 20.9. The topological polar surface area (TPSA) is 53.1 Å². The number of halogens is 1. The van der Waals surface area contributed by atoms with Gasteiger partial charge in [-0.1, -0.05) is 36.4 Å². The number of anilines is 1. The van der Waals surface area contributed by atoms with Crippen molar-refractivity contribution in [1.29, 1.82) is 0 Å². The highest BCUT2D eigenvalue weighted by atomic mass is 19.1. The summed E-state index contributed by atoms with van der Waals surface area (Å²) in [6, 6.07) is 17.3. The van der Waals surface area contributed by atoms with Gasteiger partial charge in [-0.15, -0.1) is 0 Å². The van der Waals surface area contributed by atoms with Crippen molar-refractivity contribution < 1.29 is 4.39 Å². The molecule has 0 bridgehead atoms. The van der Waals surface area contributed by atoms with Gasteiger partial charge in [-0.05, 0) is 55.3 Å². The maximum atomic E-state index is 13.1. The Kier molecular flexibility index (Phi) is 6.35. The van der Waals surface area contributed by atoms with E-state index in [4.69, 9.17) is 4.98 Å². The largest absolute Gasteiger partial charge is 0.373 e. The van der Waals surface area contributed by atoms with Crippen LogP contribution in [0.25, 0.3) is 11.1 Å². The van der Waals surface area contributed by atoms with E-state index >= 15 is 0 Å². The van der Waals surface area contributed by atoms with Gasteiger partial charge in [0.05, 0.1) is 11.7 Å². The Bertz CT molecular complexity index is 966. The molecule has 0 saturated carbocycles. The van der Waals surface area contributed by atoms with E-state index in [1.54, 1.807) is 0 Å². The number of benzene rings is 2. The Labute approximate surface area is 177 Å². The number of rotatable bonds is 7. The average Bonchev–Trinajstić information content (AvgIpc) is 3.30. The van der Waals surface area contributed by atoms with Crippen molar-refractivity contribution >= 4 is 5.82 Å². The molecule has 1 saturated heterocycles. The predicted molar refractivity (Wildman–Crippen MR) is 119 cm³/mol. The molecule has 0 spiro atoms. The lowest BCUT2D eigenvalue weighted by Crippen LogP contribution is -2.21. The molecule has 2 aromatic carbocycles. The summed E-state index contributed by atoms with van der Waals surface area (Å²) >= 11 is 0. The van der Waals surface area contributed by atoms with Gasteiger partial charge in [0.25, 0.3) is 0 Å². The molecular formula is C24H28FN5. The summed E-state index contributed by atoms with van der Waals surface area (Å²) in [5.74, 6) is 1.53. The summed E-state index contributed by atoms with van der Waals surface area (Å²) in [7, 11) is 3.99. The lowest BCUT2D eigenvalue weighted by atomic mass is 10.0. The van der Waals surface area contributed by atoms with Gasteiger partial charge in [0, 0.05) is 26.2 Å². The summed E-state index contributed by atoms with van der Waals surface area (Å²) in [4.78, 5) is 11.7. The molecule has 30 heavy (non-hydrogen) atoms. The lowest BCUT2D eigenvalue weighted by Gasteiger charge is -2.18. The van der Waals surface area contributed by atoms with Crippen LogP contribution in [0.5, 0.6) is 0 Å². The molecule has 5 nitrogen and oxygen atoms in total. The van der Waals surface area contributed by atoms with Crippen molar-refractivity contribution in [2.75, 3.05) is 26.0 Å². The van der Waals surface area contributed by atoms with Gasteiger partial charge in [-0.2, -0.15) is 0 Å². The fourth-order valence-electron chi connectivity index (χ4n) is 3.88. The first kappa shape index (κ1) is 20.4. The first-order chi connectivity index (χ1) is 14.6. The fraction of sp³-hybridized carbons (Fsp3) is 0.333. The van der Waals surface area contributed by atoms with Crippen molar-refractivity contribution in [3.8, 4) is 11.1 Å². The van der Waals surface area contributed by atoms with Gasteiger partial charge in [0.2, 0.25) is 0 Å². The Hall–Kier alpha value is -2.83. The summed E-state index contributed by atoms with van der Waals surface area (Å²) in [6.45, 7) is 2.59. The summed E-state index contributed by atoms with van der Waals surface area (Å²) < 4.78 is 13.1. The van der Waals surface area contributed by atoms with E-state index < -0.39 is 0 Å². The Morgan fingerprint density at radius 3 is 2.37 bits per heavy atom. The maximum absolute atomic E-state index is 13.1. The minimum Gasteiger partial charge on any atom is -0.373 e. The van der Waals surface area contributed by atoms with Crippen LogP contribution in [0.1, 0.15) is 36.0 Å². The van der Waals surface area contributed by atoms with E-state index in [-0.39, 0.29) is 11.9 Å². The minimum absolute atomic E-state index is 0.213. The molecule has 156 valence electrons. The summed E-state index contributed by atoms with van der Waals surface area (Å²) in [6.07, 6.45) is 2.25. The molecule has 4 rings (SSSR count). The van der Waals surface area contributed by atoms with Gasteiger partial charge in [0.15, 0.2) is 0 Å². The van der Waals surface area contributed by atoms with Gasteiger partial charge in [-0.25, -0.2) is 14.4 Å². The van der Waals surface area contributed by atoms with E-state index in [0.29, 0.717) is 0 Å². The monoisotopic (exact) mass is 405 g/mol. The first-order valence-electron chi connectivity index (χ1n) is 10.4. The highest BCUT2D eigenvalue weighted by Gasteiger charge is 2.20. The normalized spacial score (nSPS) is 16.2. The first-order valence-corrected chi connectivity index (χ1v) is 10.4. The number of hydrogen-bond acceptors (Lipinski definition) is 5. The molecule has 1 atom stereocenters. The molecule has 2 heterocycles. The molecule has 0 amide bonds. The summed E-state index contributed by atoms with van der Waals surface area (Å²) in [5, 5.41) is 6.64. The SMILES string of the molecule is CNc1cc(CN(C)Cc2ccc(-c3ccc(F)cc3)cc2)nc([C@H]2CCCN2)n1. The lowest BCUT2D eigenvalue weighted by molar-refractivity contribution is 0.314. The maximum Gasteiger partial charge on any atom is 0.147 e. The van der Waals surface area contributed by atoms with Crippen molar-refractivity contribution in [1.82, 2.24) is 20.2 Å². The number of hydrogen-bond donors (Lipinski definition) is 2. The van der Waals surface area contributed by atoms with Crippen LogP contribution in [0.15, 0.2) is 54.6 Å². The van der Waals surface area contributed by atoms with Crippen LogP contribution in [-0.4, -0.2) is 35.5 Å². The van der Waals surface area contributed by atoms with Crippen molar-refractivity contribution in [2.45, 2.75) is 32.0 Å². The van der Waals surface area contributed by atoms with Gasteiger partial charge in [0.1, 0.15) is 17.5 Å². The van der Waals surface area contributed by atoms with Crippen molar-refractivity contribution in [3.05, 3.63) is 77.5 Å². The Morgan fingerprint density at radius 2 is 1.73 bits per heavy atom. The molecule has 0 aliphatic carbocycles. The molecular weight excluding hydrogens is 377 g/mol. The third kappa shape index (κ3) is 5.01. The highest BCUT2D eigenvalue weighted by molar-refractivity contribution is 5.63. The van der Waals surface area contributed by atoms with Crippen LogP contribution in [0.2, 0.25) is 0 Å². The van der Waals surface area contributed by atoms with Crippen LogP contribution in [0.3, 0.4) is 0 Å². The molecule has 1 aromatic heterocycles.